The molecule has 4 aromatic rings. The standard InChI is InChI=1S/C27H25N3O4/c1-16-8-7-10-20(12-16)30-17(2)13-21(18(30)3)22(31)15-29-25(32)27(4,28-26(29)33)24-14-19-9-5-6-11-23(19)34-24/h5-14H,15H2,1-4H3,(H,28,33). The zero-order valence-electron chi connectivity index (χ0n) is 19.5. The lowest BCUT2D eigenvalue weighted by molar-refractivity contribution is -0.131. The second-order valence-corrected chi connectivity index (χ2v) is 8.98. The number of para-hydroxylation sites is 1. The van der Waals surface area contributed by atoms with Gasteiger partial charge in [0.1, 0.15) is 11.3 Å². The Labute approximate surface area is 197 Å². The van der Waals surface area contributed by atoms with E-state index in [-0.39, 0.29) is 12.3 Å². The molecule has 1 N–H and O–H groups in total. The molecule has 34 heavy (non-hydrogen) atoms. The number of furan rings is 1. The summed E-state index contributed by atoms with van der Waals surface area (Å²) in [6.45, 7) is 7.06. The number of imide groups is 1. The fourth-order valence-corrected chi connectivity index (χ4v) is 4.67. The second-order valence-electron chi connectivity index (χ2n) is 8.98. The Morgan fingerprint density at radius 3 is 2.50 bits per heavy atom. The third kappa shape index (κ3) is 3.32. The van der Waals surface area contributed by atoms with Gasteiger partial charge in [0.15, 0.2) is 11.3 Å². The van der Waals surface area contributed by atoms with Crippen molar-refractivity contribution in [1.82, 2.24) is 14.8 Å². The van der Waals surface area contributed by atoms with Gasteiger partial charge in [-0.25, -0.2) is 4.79 Å². The van der Waals surface area contributed by atoms with Crippen LogP contribution in [-0.4, -0.2) is 33.7 Å². The summed E-state index contributed by atoms with van der Waals surface area (Å²) in [5.41, 5.74) is 3.46. The minimum atomic E-state index is -1.38. The number of aromatic nitrogens is 1. The number of hydrogen-bond donors (Lipinski definition) is 1. The van der Waals surface area contributed by atoms with E-state index in [9.17, 15) is 14.4 Å². The van der Waals surface area contributed by atoms with E-state index in [1.54, 1.807) is 25.1 Å². The van der Waals surface area contributed by atoms with Crippen LogP contribution in [0.3, 0.4) is 0 Å². The van der Waals surface area contributed by atoms with Crippen LogP contribution in [0.1, 0.15) is 40.0 Å². The summed E-state index contributed by atoms with van der Waals surface area (Å²) >= 11 is 0. The van der Waals surface area contributed by atoms with Crippen molar-refractivity contribution in [2.75, 3.05) is 6.54 Å². The van der Waals surface area contributed by atoms with Crippen molar-refractivity contribution in [3.63, 3.8) is 0 Å². The van der Waals surface area contributed by atoms with Crippen molar-refractivity contribution in [3.8, 4) is 5.69 Å². The number of nitrogens with one attached hydrogen (secondary N) is 1. The van der Waals surface area contributed by atoms with Crippen LogP contribution >= 0.6 is 0 Å². The van der Waals surface area contributed by atoms with E-state index in [0.29, 0.717) is 16.9 Å². The minimum absolute atomic E-state index is 0.302. The SMILES string of the molecule is Cc1cccc(-n2c(C)cc(C(=O)CN3C(=O)NC(C)(c4cc5ccccc5o4)C3=O)c2C)c1. The topological polar surface area (TPSA) is 84.6 Å². The molecule has 1 aliphatic rings. The predicted molar refractivity (Wildman–Crippen MR) is 128 cm³/mol. The van der Waals surface area contributed by atoms with Crippen molar-refractivity contribution in [1.29, 1.82) is 0 Å². The quantitative estimate of drug-likeness (QED) is 0.346. The number of benzene rings is 2. The second kappa shape index (κ2) is 7.73. The third-order valence-electron chi connectivity index (χ3n) is 6.49. The molecule has 1 aliphatic heterocycles. The van der Waals surface area contributed by atoms with Gasteiger partial charge in [-0.3, -0.25) is 14.5 Å². The van der Waals surface area contributed by atoms with Crippen molar-refractivity contribution in [2.24, 2.45) is 0 Å². The molecule has 0 spiro atoms. The number of fused-ring (bicyclic) bond motifs is 1. The maximum atomic E-state index is 13.3. The highest BCUT2D eigenvalue weighted by Gasteiger charge is 2.51. The lowest BCUT2D eigenvalue weighted by Gasteiger charge is -2.18. The van der Waals surface area contributed by atoms with Gasteiger partial charge in [-0.2, -0.15) is 0 Å². The zero-order chi connectivity index (χ0) is 24.2. The lowest BCUT2D eigenvalue weighted by atomic mass is 9.98. The summed E-state index contributed by atoms with van der Waals surface area (Å²) in [5, 5.41) is 3.55. The average molecular weight is 456 g/mol. The molecule has 2 aromatic carbocycles. The molecule has 3 amide bonds. The van der Waals surface area contributed by atoms with Crippen LogP contribution in [0.2, 0.25) is 0 Å². The van der Waals surface area contributed by atoms with Gasteiger partial charge in [0.25, 0.3) is 5.91 Å². The van der Waals surface area contributed by atoms with Crippen LogP contribution < -0.4 is 5.32 Å². The fraction of sp³-hybridized carbons (Fsp3) is 0.222. The van der Waals surface area contributed by atoms with E-state index < -0.39 is 17.5 Å². The number of aryl methyl sites for hydroxylation is 2. The summed E-state index contributed by atoms with van der Waals surface area (Å²) in [6, 6.07) is 18.3. The van der Waals surface area contributed by atoms with Crippen LogP contribution in [0.15, 0.2) is 65.1 Å². The molecular weight excluding hydrogens is 430 g/mol. The molecule has 7 nitrogen and oxygen atoms in total. The molecule has 1 saturated heterocycles. The molecule has 0 bridgehead atoms. The number of amides is 3. The molecule has 5 rings (SSSR count). The monoisotopic (exact) mass is 455 g/mol. The van der Waals surface area contributed by atoms with E-state index in [1.165, 1.54) is 0 Å². The van der Waals surface area contributed by atoms with Crippen molar-refractivity contribution in [3.05, 3.63) is 88.9 Å². The number of nitrogens with zero attached hydrogens (tertiary/aromatic N) is 2. The molecule has 2 aromatic heterocycles. The number of carbonyl (C=O) groups excluding carboxylic acids is 3. The van der Waals surface area contributed by atoms with Gasteiger partial charge in [0, 0.05) is 28.0 Å². The maximum Gasteiger partial charge on any atom is 0.325 e. The van der Waals surface area contributed by atoms with Gasteiger partial charge in [0.2, 0.25) is 0 Å². The maximum absolute atomic E-state index is 13.3. The summed E-state index contributed by atoms with van der Waals surface area (Å²) in [5.74, 6) is -0.485. The molecular formula is C27H25N3O4. The van der Waals surface area contributed by atoms with Crippen LogP contribution in [-0.2, 0) is 10.3 Å². The van der Waals surface area contributed by atoms with Crippen LogP contribution in [0, 0.1) is 20.8 Å². The Hall–Kier alpha value is -4.13. The third-order valence-corrected chi connectivity index (χ3v) is 6.49. The summed E-state index contributed by atoms with van der Waals surface area (Å²) in [6.07, 6.45) is 0. The van der Waals surface area contributed by atoms with E-state index in [2.05, 4.69) is 5.32 Å². The largest absolute Gasteiger partial charge is 0.458 e. The van der Waals surface area contributed by atoms with Crippen LogP contribution in [0.4, 0.5) is 4.79 Å². The Kier molecular flexibility index (Phi) is 4.93. The molecule has 3 heterocycles. The highest BCUT2D eigenvalue weighted by atomic mass is 16.3. The van der Waals surface area contributed by atoms with Crippen molar-refractivity contribution < 1.29 is 18.8 Å². The number of carbonyl (C=O) groups is 3. The molecule has 1 fully saturated rings. The Morgan fingerprint density at radius 2 is 1.76 bits per heavy atom. The average Bonchev–Trinajstić information content (AvgIpc) is 3.43. The number of ketones is 1. The van der Waals surface area contributed by atoms with Gasteiger partial charge in [0.05, 0.1) is 6.54 Å². The van der Waals surface area contributed by atoms with E-state index in [1.807, 2.05) is 67.8 Å². The van der Waals surface area contributed by atoms with Gasteiger partial charge in [-0.05, 0) is 63.6 Å². The number of rotatable bonds is 5. The van der Waals surface area contributed by atoms with E-state index in [4.69, 9.17) is 4.42 Å². The molecule has 0 saturated carbocycles. The number of hydrogen-bond acceptors (Lipinski definition) is 4. The lowest BCUT2D eigenvalue weighted by Crippen LogP contribution is -2.41. The first kappa shape index (κ1) is 21.7. The molecule has 0 aliphatic carbocycles. The van der Waals surface area contributed by atoms with Crippen molar-refractivity contribution >= 4 is 28.7 Å². The molecule has 0 radical (unpaired) electrons. The number of Topliss-reactive ketones (excluding diaryl/α,β-unsaturated/α-hetero) is 1. The first-order valence-electron chi connectivity index (χ1n) is 11.1. The summed E-state index contributed by atoms with van der Waals surface area (Å²) in [4.78, 5) is 40.3. The number of urea groups is 1. The molecule has 7 heteroatoms. The molecule has 172 valence electrons. The highest BCUT2D eigenvalue weighted by Crippen LogP contribution is 2.33. The fourth-order valence-electron chi connectivity index (χ4n) is 4.67. The minimum Gasteiger partial charge on any atom is -0.458 e. The Morgan fingerprint density at radius 1 is 1.00 bits per heavy atom. The van der Waals surface area contributed by atoms with Gasteiger partial charge >= 0.3 is 6.03 Å². The summed E-state index contributed by atoms with van der Waals surface area (Å²) in [7, 11) is 0. The zero-order valence-corrected chi connectivity index (χ0v) is 19.5. The Bertz CT molecular complexity index is 1450. The first-order chi connectivity index (χ1) is 16.2. The summed E-state index contributed by atoms with van der Waals surface area (Å²) < 4.78 is 7.86. The smallest absolute Gasteiger partial charge is 0.325 e. The Balaban J connectivity index is 1.43. The van der Waals surface area contributed by atoms with E-state index >= 15 is 0 Å². The van der Waals surface area contributed by atoms with Gasteiger partial charge < -0.3 is 14.3 Å². The van der Waals surface area contributed by atoms with Crippen molar-refractivity contribution in [2.45, 2.75) is 33.2 Å². The van der Waals surface area contributed by atoms with Crippen LogP contribution in [0.25, 0.3) is 16.7 Å². The normalized spacial score (nSPS) is 18.1. The van der Waals surface area contributed by atoms with Crippen LogP contribution in [0.5, 0.6) is 0 Å². The van der Waals surface area contributed by atoms with Gasteiger partial charge in [-0.1, -0.05) is 30.3 Å². The molecule has 1 atom stereocenters. The van der Waals surface area contributed by atoms with E-state index in [0.717, 1.165) is 32.9 Å². The predicted octanol–water partition coefficient (Wildman–Crippen LogP) is 4.80. The van der Waals surface area contributed by atoms with Gasteiger partial charge in [-0.15, -0.1) is 0 Å². The first-order valence-corrected chi connectivity index (χ1v) is 11.1. The highest BCUT2D eigenvalue weighted by molar-refractivity contribution is 6.11. The molecule has 1 unspecified atom stereocenters.